The maximum Gasteiger partial charge on any atom is 0.466 e. The van der Waals surface area contributed by atoms with Crippen molar-refractivity contribution >= 4 is 26.2 Å². The van der Waals surface area contributed by atoms with Crippen molar-refractivity contribution in [1.82, 2.24) is 0 Å². The summed E-state index contributed by atoms with van der Waals surface area (Å²) in [6.07, 6.45) is -1.02. The van der Waals surface area contributed by atoms with Gasteiger partial charge in [-0.15, -0.1) is 0 Å². The Kier molecular flexibility index (Phi) is 16.4. The van der Waals surface area contributed by atoms with Gasteiger partial charge in [0.1, 0.15) is 6.10 Å². The molecular weight excluding hydrogens is 263 g/mol. The summed E-state index contributed by atoms with van der Waals surface area (Å²) in [4.78, 5) is 49.3. The van der Waals surface area contributed by atoms with Crippen LogP contribution in [0.25, 0.3) is 0 Å². The minimum absolute atomic E-state index is 0.0347. The maximum absolute atomic E-state index is 9.44. The van der Waals surface area contributed by atoms with Crippen molar-refractivity contribution in [2.75, 3.05) is 13.2 Å². The van der Waals surface area contributed by atoms with Crippen molar-refractivity contribution in [2.45, 2.75) is 6.10 Å². The van der Waals surface area contributed by atoms with E-state index in [1.807, 2.05) is 0 Å². The zero-order valence-electron chi connectivity index (χ0n) is 8.41. The van der Waals surface area contributed by atoms with Gasteiger partial charge in [0.05, 0.1) is 13.2 Å². The summed E-state index contributed by atoms with van der Waals surface area (Å²) in [7, 11) is -4.64. The monoisotopic (exact) mass is 276 g/mol. The summed E-state index contributed by atoms with van der Waals surface area (Å²) in [5.41, 5.74) is 0. The number of hydrogen-bond acceptors (Lipinski definition) is 7. The lowest BCUT2D eigenvalue weighted by Gasteiger charge is -1.96. The summed E-state index contributed by atoms with van der Waals surface area (Å²) in [5.74, 6) is -1.02. The number of rotatable bonds is 4. The maximum atomic E-state index is 9.44. The molecule has 0 aliphatic heterocycles. The lowest BCUT2D eigenvalue weighted by molar-refractivity contribution is -0.135. The number of ketones is 1. The van der Waals surface area contributed by atoms with E-state index in [0.29, 0.717) is 0 Å². The van der Waals surface area contributed by atoms with Crippen molar-refractivity contribution < 1.29 is 48.9 Å². The molecule has 0 rings (SSSR count). The van der Waals surface area contributed by atoms with Crippen LogP contribution in [-0.2, 0) is 18.9 Å². The third kappa shape index (κ3) is 51.7. The van der Waals surface area contributed by atoms with E-state index in [4.69, 9.17) is 44.2 Å². The van der Waals surface area contributed by atoms with Crippen LogP contribution in [0.4, 0.5) is 0 Å². The molecule has 0 saturated carbocycles. The minimum atomic E-state index is -4.64. The highest BCUT2D eigenvalue weighted by Gasteiger charge is 2.00. The van der Waals surface area contributed by atoms with Crippen molar-refractivity contribution in [1.29, 1.82) is 0 Å². The van der Waals surface area contributed by atoms with Crippen LogP contribution in [0, 0.1) is 0 Å². The Morgan fingerprint density at radius 1 is 1.06 bits per heavy atom. The van der Waals surface area contributed by atoms with Gasteiger partial charge in [-0.25, -0.2) is 4.57 Å². The van der Waals surface area contributed by atoms with Gasteiger partial charge in [-0.2, -0.15) is 0 Å². The van der Waals surface area contributed by atoms with Crippen molar-refractivity contribution in [3.63, 3.8) is 0 Å². The predicted octanol–water partition coefficient (Wildman–Crippen LogP) is -3.64. The minimum Gasteiger partial charge on any atom is -0.394 e. The molecule has 0 spiro atoms. The molecule has 0 saturated heterocycles. The second-order valence-electron chi connectivity index (χ2n) is 2.17. The van der Waals surface area contributed by atoms with Gasteiger partial charge >= 0.3 is 7.82 Å². The third-order valence-corrected chi connectivity index (χ3v) is 0.654. The molecule has 0 heterocycles. The highest BCUT2D eigenvalue weighted by molar-refractivity contribution is 7.45. The first-order chi connectivity index (χ1) is 7.62. The van der Waals surface area contributed by atoms with E-state index < -0.39 is 19.7 Å². The highest BCUT2D eigenvalue weighted by Crippen LogP contribution is 2.25. The number of phosphoric acid groups is 1. The molecule has 0 aromatic carbocycles. The summed E-state index contributed by atoms with van der Waals surface area (Å²) >= 11 is 0. The van der Waals surface area contributed by atoms with Crippen LogP contribution in [0.3, 0.4) is 0 Å². The third-order valence-electron chi connectivity index (χ3n) is 0.654. The fourth-order valence-electron chi connectivity index (χ4n) is 0.0855. The molecule has 0 aromatic rings. The molecule has 17 heavy (non-hydrogen) atoms. The number of Topliss-reactive ketones (excluding diaryl/α,β-unsaturated/α-hetero) is 1. The lowest BCUT2D eigenvalue weighted by atomic mass is 10.4. The largest absolute Gasteiger partial charge is 0.466 e. The second kappa shape index (κ2) is 13.1. The first kappa shape index (κ1) is 21.3. The molecule has 0 aromatic heterocycles. The van der Waals surface area contributed by atoms with E-state index in [9.17, 15) is 4.79 Å². The van der Waals surface area contributed by atoms with Crippen molar-refractivity contribution in [3.05, 3.63) is 0 Å². The Balaban J connectivity index is -0.000000174. The second-order valence-corrected chi connectivity index (χ2v) is 3.20. The summed E-state index contributed by atoms with van der Waals surface area (Å²) in [5, 5.41) is 24.0. The zero-order chi connectivity index (χ0) is 14.5. The molecule has 0 aliphatic rings. The number of hydrogen-bond donors (Lipinski definition) is 6. The molecule has 0 bridgehead atoms. The highest BCUT2D eigenvalue weighted by atomic mass is 31.2. The summed E-state index contributed by atoms with van der Waals surface area (Å²) < 4.78 is 8.88. The molecule has 6 N–H and O–H groups in total. The van der Waals surface area contributed by atoms with Crippen LogP contribution in [0.5, 0.6) is 0 Å². The Morgan fingerprint density at radius 2 is 1.29 bits per heavy atom. The van der Waals surface area contributed by atoms with Crippen LogP contribution in [0.15, 0.2) is 0 Å². The topological polar surface area (TPSA) is 190 Å². The molecular formula is C6H13O10P. The molecule has 0 fully saturated rings. The van der Waals surface area contributed by atoms with Crippen LogP contribution < -0.4 is 0 Å². The molecule has 0 amide bonds. The van der Waals surface area contributed by atoms with Gasteiger partial charge in [0.25, 0.3) is 5.78 Å². The Hall–Kier alpha value is -1.00. The van der Waals surface area contributed by atoms with Gasteiger partial charge in [-0.1, -0.05) is 0 Å². The number of aliphatic hydroxyl groups excluding tert-OH is 3. The van der Waals surface area contributed by atoms with Gasteiger partial charge in [0.2, 0.25) is 0 Å². The normalized spacial score (nSPS) is 9.35. The van der Waals surface area contributed by atoms with E-state index in [1.54, 1.807) is 0 Å². The molecule has 102 valence electrons. The fraction of sp³-hybridized carbons (Fsp3) is 0.500. The average molecular weight is 276 g/mol. The van der Waals surface area contributed by atoms with Gasteiger partial charge in [0, 0.05) is 0 Å². The zero-order valence-corrected chi connectivity index (χ0v) is 9.30. The molecule has 0 radical (unpaired) electrons. The molecule has 11 heteroatoms. The smallest absolute Gasteiger partial charge is 0.394 e. The van der Waals surface area contributed by atoms with Crippen LogP contribution in [0.2, 0.25) is 0 Å². The number of aldehydes is 2. The van der Waals surface area contributed by atoms with Crippen molar-refractivity contribution in [3.8, 4) is 0 Å². The number of aliphatic hydroxyl groups is 3. The van der Waals surface area contributed by atoms with Crippen molar-refractivity contribution in [2.24, 2.45) is 0 Å². The van der Waals surface area contributed by atoms with E-state index in [0.717, 1.165) is 0 Å². The molecule has 0 aliphatic carbocycles. The summed E-state index contributed by atoms with van der Waals surface area (Å²) in [6, 6.07) is 0. The van der Waals surface area contributed by atoms with Crippen LogP contribution >= 0.6 is 7.82 Å². The summed E-state index contributed by atoms with van der Waals surface area (Å²) in [6.45, 7) is -0.729. The SMILES string of the molecule is O=CC(=O)C=O.O=P(O)(O)O.OCC(O)CO. The standard InChI is InChI=1S/C3H8O3.C3H2O3.H3O4P/c2*4-1-3(6)2-5;1-5(2,3)4/h3-6H,1-2H2;1-2H;(H3,1,2,3,4). The quantitative estimate of drug-likeness (QED) is 0.129. The Morgan fingerprint density at radius 3 is 1.29 bits per heavy atom. The van der Waals surface area contributed by atoms with E-state index in [2.05, 4.69) is 0 Å². The lowest BCUT2D eigenvalue weighted by Crippen LogP contribution is -2.15. The van der Waals surface area contributed by atoms with Gasteiger partial charge in [0.15, 0.2) is 12.6 Å². The Bertz CT molecular complexity index is 235. The van der Waals surface area contributed by atoms with E-state index in [-0.39, 0.29) is 25.8 Å². The van der Waals surface area contributed by atoms with Gasteiger partial charge < -0.3 is 30.0 Å². The Labute approximate surface area is 95.4 Å². The first-order valence-electron chi connectivity index (χ1n) is 3.74. The molecule has 10 nitrogen and oxygen atoms in total. The van der Waals surface area contributed by atoms with Crippen LogP contribution in [-0.4, -0.2) is 67.7 Å². The van der Waals surface area contributed by atoms with E-state index in [1.165, 1.54) is 0 Å². The molecule has 0 atom stereocenters. The fourth-order valence-corrected chi connectivity index (χ4v) is 0.0855. The van der Waals surface area contributed by atoms with Gasteiger partial charge in [-0.05, 0) is 0 Å². The number of carbonyl (C=O) groups excluding carboxylic acids is 3. The number of carbonyl (C=O) groups is 3. The van der Waals surface area contributed by atoms with Crippen LogP contribution in [0.1, 0.15) is 0 Å². The van der Waals surface area contributed by atoms with Gasteiger partial charge in [-0.3, -0.25) is 14.4 Å². The average Bonchev–Trinajstić information content (AvgIpc) is 2.25. The van der Waals surface area contributed by atoms with E-state index >= 15 is 0 Å². The predicted molar refractivity (Wildman–Crippen MR) is 51.6 cm³/mol. The first-order valence-corrected chi connectivity index (χ1v) is 5.31. The molecule has 0 unspecified atom stereocenters.